The lowest BCUT2D eigenvalue weighted by Crippen LogP contribution is -2.25. The molecule has 2 aromatic heterocycles. The summed E-state index contributed by atoms with van der Waals surface area (Å²) in [5.41, 5.74) is 1.74. The van der Waals surface area contributed by atoms with E-state index in [2.05, 4.69) is 39.1 Å². The Labute approximate surface area is 139 Å². The van der Waals surface area contributed by atoms with Gasteiger partial charge in [0.15, 0.2) is 0 Å². The van der Waals surface area contributed by atoms with Crippen molar-refractivity contribution < 1.29 is 0 Å². The van der Waals surface area contributed by atoms with Gasteiger partial charge in [0.2, 0.25) is 0 Å². The van der Waals surface area contributed by atoms with E-state index in [4.69, 9.17) is 0 Å². The van der Waals surface area contributed by atoms with Crippen molar-refractivity contribution in [3.63, 3.8) is 0 Å². The fourth-order valence-corrected chi connectivity index (χ4v) is 3.25. The van der Waals surface area contributed by atoms with Gasteiger partial charge >= 0.3 is 0 Å². The highest BCUT2D eigenvalue weighted by molar-refractivity contribution is 7.09. The number of nitrogens with zero attached hydrogens (tertiary/aromatic N) is 3. The van der Waals surface area contributed by atoms with Crippen LogP contribution in [0, 0.1) is 0 Å². The summed E-state index contributed by atoms with van der Waals surface area (Å²) in [5.74, 6) is 0.696. The zero-order valence-corrected chi connectivity index (χ0v) is 14.2. The number of benzene rings is 1. The summed E-state index contributed by atoms with van der Waals surface area (Å²) < 4.78 is 0. The topological polar surface area (TPSA) is 61.9 Å². The molecule has 5 nitrogen and oxygen atoms in total. The summed E-state index contributed by atoms with van der Waals surface area (Å²) in [6.45, 7) is 6.46. The molecule has 0 aliphatic rings. The van der Waals surface area contributed by atoms with Crippen LogP contribution in [0.1, 0.15) is 30.4 Å². The summed E-state index contributed by atoms with van der Waals surface area (Å²) in [6, 6.07) is 7.42. The van der Waals surface area contributed by atoms with Gasteiger partial charge in [0.25, 0.3) is 5.56 Å². The van der Waals surface area contributed by atoms with E-state index in [0.29, 0.717) is 17.8 Å². The highest BCUT2D eigenvalue weighted by atomic mass is 32.1. The number of hydrogen-bond donors (Lipinski definition) is 1. The number of fused-ring (bicyclic) bond motifs is 1. The van der Waals surface area contributed by atoms with Gasteiger partial charge in [-0.05, 0) is 25.1 Å². The lowest BCUT2D eigenvalue weighted by molar-refractivity contribution is 0.262. The molecule has 0 spiro atoms. The maximum absolute atomic E-state index is 12.1. The number of para-hydroxylation sites is 1. The molecule has 3 rings (SSSR count). The van der Waals surface area contributed by atoms with Crippen molar-refractivity contribution in [2.75, 3.05) is 6.54 Å². The quantitative estimate of drug-likeness (QED) is 0.756. The summed E-state index contributed by atoms with van der Waals surface area (Å²) in [6.07, 6.45) is 0.969. The first-order chi connectivity index (χ1) is 11.2. The Balaban J connectivity index is 1.79. The largest absolute Gasteiger partial charge is 0.309 e. The molecule has 0 bridgehead atoms. The highest BCUT2D eigenvalue weighted by Crippen LogP contribution is 2.13. The van der Waals surface area contributed by atoms with Crippen LogP contribution in [0.2, 0.25) is 0 Å². The molecule has 120 valence electrons. The molecule has 6 heteroatoms. The average molecular weight is 328 g/mol. The van der Waals surface area contributed by atoms with Crippen LogP contribution in [0.25, 0.3) is 10.9 Å². The van der Waals surface area contributed by atoms with Crippen LogP contribution in [-0.2, 0) is 19.5 Å². The van der Waals surface area contributed by atoms with Crippen LogP contribution in [0.3, 0.4) is 0 Å². The third-order valence-corrected chi connectivity index (χ3v) is 4.81. The molecule has 1 aromatic carbocycles. The summed E-state index contributed by atoms with van der Waals surface area (Å²) in [4.78, 5) is 26.4. The third-order valence-electron chi connectivity index (χ3n) is 3.77. The van der Waals surface area contributed by atoms with E-state index in [1.54, 1.807) is 17.4 Å². The van der Waals surface area contributed by atoms with Crippen LogP contribution in [0.4, 0.5) is 0 Å². The molecule has 0 saturated heterocycles. The molecule has 0 atom stereocenters. The van der Waals surface area contributed by atoms with Gasteiger partial charge in [-0.3, -0.25) is 9.69 Å². The van der Waals surface area contributed by atoms with Gasteiger partial charge in [-0.1, -0.05) is 26.0 Å². The van der Waals surface area contributed by atoms with E-state index >= 15 is 0 Å². The number of aromatic nitrogens is 3. The first kappa shape index (κ1) is 15.8. The molecule has 0 aliphatic heterocycles. The van der Waals surface area contributed by atoms with Crippen LogP contribution in [-0.4, -0.2) is 26.4 Å². The smallest absolute Gasteiger partial charge is 0.258 e. The van der Waals surface area contributed by atoms with Gasteiger partial charge in [0.05, 0.1) is 28.1 Å². The van der Waals surface area contributed by atoms with Gasteiger partial charge < -0.3 is 4.98 Å². The van der Waals surface area contributed by atoms with E-state index in [9.17, 15) is 4.79 Å². The van der Waals surface area contributed by atoms with Crippen LogP contribution in [0.5, 0.6) is 0 Å². The van der Waals surface area contributed by atoms with Crippen LogP contribution < -0.4 is 5.56 Å². The Morgan fingerprint density at radius 2 is 2.00 bits per heavy atom. The molecular weight excluding hydrogens is 308 g/mol. The van der Waals surface area contributed by atoms with Gasteiger partial charge in [0.1, 0.15) is 5.82 Å². The van der Waals surface area contributed by atoms with Crippen molar-refractivity contribution in [3.8, 4) is 0 Å². The predicted octanol–water partition coefficient (Wildman–Crippen LogP) is 2.96. The van der Waals surface area contributed by atoms with Gasteiger partial charge in [0, 0.05) is 11.9 Å². The van der Waals surface area contributed by atoms with E-state index in [-0.39, 0.29) is 5.56 Å². The second-order valence-corrected chi connectivity index (χ2v) is 6.36. The van der Waals surface area contributed by atoms with Gasteiger partial charge in [-0.2, -0.15) is 0 Å². The highest BCUT2D eigenvalue weighted by Gasteiger charge is 2.10. The summed E-state index contributed by atoms with van der Waals surface area (Å²) in [5, 5.41) is 3.90. The zero-order valence-electron chi connectivity index (χ0n) is 13.4. The Hall–Kier alpha value is -2.05. The molecule has 2 heterocycles. The Bertz CT molecular complexity index is 855. The predicted molar refractivity (Wildman–Crippen MR) is 93.6 cm³/mol. The maximum atomic E-state index is 12.1. The van der Waals surface area contributed by atoms with Crippen LogP contribution in [0.15, 0.2) is 34.4 Å². The molecule has 0 unspecified atom stereocenters. The fourth-order valence-electron chi connectivity index (χ4n) is 2.51. The number of aryl methyl sites for hydroxylation is 1. The molecular formula is C17H20N4OS. The molecule has 0 amide bonds. The minimum Gasteiger partial charge on any atom is -0.309 e. The second-order valence-electron chi connectivity index (χ2n) is 5.42. The lowest BCUT2D eigenvalue weighted by Gasteiger charge is -2.18. The van der Waals surface area contributed by atoms with Crippen molar-refractivity contribution in [2.45, 2.75) is 33.4 Å². The van der Waals surface area contributed by atoms with Crippen molar-refractivity contribution in [1.82, 2.24) is 19.9 Å². The molecule has 0 fully saturated rings. The number of rotatable bonds is 6. The number of hydrogen-bond acceptors (Lipinski definition) is 5. The third kappa shape index (κ3) is 3.65. The Kier molecular flexibility index (Phi) is 4.83. The van der Waals surface area contributed by atoms with Crippen molar-refractivity contribution in [3.05, 3.63) is 56.5 Å². The SMILES string of the molecule is CCc1nc(CN(CC)Cc2nc3ccccc3c(=O)[nH]2)cs1. The molecule has 0 aliphatic carbocycles. The number of nitrogens with one attached hydrogen (secondary N) is 1. The maximum Gasteiger partial charge on any atom is 0.258 e. The van der Waals surface area contributed by atoms with Gasteiger partial charge in [-0.25, -0.2) is 9.97 Å². The molecule has 1 N–H and O–H groups in total. The van der Waals surface area contributed by atoms with E-state index < -0.39 is 0 Å². The normalized spacial score (nSPS) is 11.4. The second kappa shape index (κ2) is 7.02. The number of aromatic amines is 1. The molecule has 0 radical (unpaired) electrons. The minimum atomic E-state index is -0.0800. The first-order valence-electron chi connectivity index (χ1n) is 7.83. The lowest BCUT2D eigenvalue weighted by atomic mass is 10.2. The Morgan fingerprint density at radius 1 is 1.17 bits per heavy atom. The molecule has 0 saturated carbocycles. The summed E-state index contributed by atoms with van der Waals surface area (Å²) in [7, 11) is 0. The number of H-pyrrole nitrogens is 1. The summed E-state index contributed by atoms with van der Waals surface area (Å²) >= 11 is 1.70. The van der Waals surface area contributed by atoms with Crippen molar-refractivity contribution in [1.29, 1.82) is 0 Å². The van der Waals surface area contributed by atoms with Crippen LogP contribution >= 0.6 is 11.3 Å². The van der Waals surface area contributed by atoms with Crippen molar-refractivity contribution >= 4 is 22.2 Å². The standard InChI is InChI=1S/C17H20N4OS/c1-3-16-18-12(11-23-16)9-21(4-2)10-15-19-14-8-6-5-7-13(14)17(22)20-15/h5-8,11H,3-4,9-10H2,1-2H3,(H,19,20,22). The van der Waals surface area contributed by atoms with Gasteiger partial charge in [-0.15, -0.1) is 11.3 Å². The fraction of sp³-hybridized carbons (Fsp3) is 0.353. The first-order valence-corrected chi connectivity index (χ1v) is 8.71. The Morgan fingerprint density at radius 3 is 2.74 bits per heavy atom. The molecule has 23 heavy (non-hydrogen) atoms. The molecule has 3 aromatic rings. The average Bonchev–Trinajstić information content (AvgIpc) is 3.02. The van der Waals surface area contributed by atoms with E-state index in [0.717, 1.165) is 35.7 Å². The van der Waals surface area contributed by atoms with E-state index in [1.807, 2.05) is 18.2 Å². The van der Waals surface area contributed by atoms with E-state index in [1.165, 1.54) is 0 Å². The minimum absolute atomic E-state index is 0.0800. The monoisotopic (exact) mass is 328 g/mol. The zero-order chi connectivity index (χ0) is 16.2. The van der Waals surface area contributed by atoms with Crippen molar-refractivity contribution in [2.24, 2.45) is 0 Å². The number of thiazole rings is 1.